The molecule has 0 fully saturated rings. The van der Waals surface area contributed by atoms with Crippen LogP contribution in [-0.2, 0) is 11.2 Å². The number of carbonyl (C=O) groups is 1. The van der Waals surface area contributed by atoms with Gasteiger partial charge in [0.15, 0.2) is 0 Å². The predicted octanol–water partition coefficient (Wildman–Crippen LogP) is 3.47. The van der Waals surface area contributed by atoms with Crippen molar-refractivity contribution in [3.63, 3.8) is 0 Å². The van der Waals surface area contributed by atoms with Gasteiger partial charge in [0.05, 0.1) is 7.11 Å². The van der Waals surface area contributed by atoms with Crippen molar-refractivity contribution in [3.8, 4) is 5.75 Å². The third-order valence-electron chi connectivity index (χ3n) is 3.14. The highest BCUT2D eigenvalue weighted by Crippen LogP contribution is 2.23. The molecule has 0 aliphatic rings. The van der Waals surface area contributed by atoms with Crippen molar-refractivity contribution in [3.05, 3.63) is 28.8 Å². The van der Waals surface area contributed by atoms with Crippen LogP contribution in [0.4, 0.5) is 0 Å². The summed E-state index contributed by atoms with van der Waals surface area (Å²) in [5, 5.41) is 0. The molecule has 0 heterocycles. The average Bonchev–Trinajstić information content (AvgIpc) is 2.29. The molecule has 0 bridgehead atoms. The first-order valence-electron chi connectivity index (χ1n) is 6.12. The Morgan fingerprint density at radius 2 is 1.88 bits per heavy atom. The number of ether oxygens (including phenoxy) is 1. The first-order chi connectivity index (χ1) is 7.95. The quantitative estimate of drug-likeness (QED) is 0.779. The van der Waals surface area contributed by atoms with Crippen molar-refractivity contribution in [1.82, 2.24) is 0 Å². The Labute approximate surface area is 104 Å². The minimum atomic E-state index is 0.134. The van der Waals surface area contributed by atoms with Gasteiger partial charge in [-0.2, -0.15) is 0 Å². The summed E-state index contributed by atoms with van der Waals surface area (Å²) >= 11 is 0. The summed E-state index contributed by atoms with van der Waals surface area (Å²) in [5.74, 6) is 1.38. The summed E-state index contributed by atoms with van der Waals surface area (Å²) < 4.78 is 5.28. The van der Waals surface area contributed by atoms with Gasteiger partial charge in [0.2, 0.25) is 0 Å². The maximum absolute atomic E-state index is 11.6. The van der Waals surface area contributed by atoms with Crippen molar-refractivity contribution in [1.29, 1.82) is 0 Å². The van der Waals surface area contributed by atoms with Gasteiger partial charge >= 0.3 is 0 Å². The van der Waals surface area contributed by atoms with Crippen LogP contribution >= 0.6 is 0 Å². The van der Waals surface area contributed by atoms with Crippen LogP contribution in [0.5, 0.6) is 5.75 Å². The summed E-state index contributed by atoms with van der Waals surface area (Å²) in [7, 11) is 1.68. The third-order valence-corrected chi connectivity index (χ3v) is 3.14. The number of aryl methyl sites for hydroxylation is 3. The third kappa shape index (κ3) is 3.58. The Kier molecular flexibility index (Phi) is 4.73. The Morgan fingerprint density at radius 1 is 1.24 bits per heavy atom. The number of hydrogen-bond acceptors (Lipinski definition) is 2. The smallest absolute Gasteiger partial charge is 0.135 e. The van der Waals surface area contributed by atoms with Crippen LogP contribution in [0.1, 0.15) is 37.0 Å². The van der Waals surface area contributed by atoms with Gasteiger partial charge in [-0.3, -0.25) is 4.79 Å². The number of benzene rings is 1. The van der Waals surface area contributed by atoms with Gasteiger partial charge in [0, 0.05) is 12.3 Å². The Balaban J connectivity index is 2.79. The van der Waals surface area contributed by atoms with Gasteiger partial charge in [-0.15, -0.1) is 0 Å². The second kappa shape index (κ2) is 5.85. The van der Waals surface area contributed by atoms with E-state index in [0.717, 1.165) is 17.7 Å². The van der Waals surface area contributed by atoms with E-state index in [4.69, 9.17) is 4.74 Å². The second-order valence-electron chi connectivity index (χ2n) is 4.87. The SMILES string of the molecule is COc1cc(C)c(CCC(=O)C(C)C)cc1C. The lowest BCUT2D eigenvalue weighted by Crippen LogP contribution is -2.08. The summed E-state index contributed by atoms with van der Waals surface area (Å²) in [6.45, 7) is 8.01. The van der Waals surface area contributed by atoms with Gasteiger partial charge in [-0.05, 0) is 43.0 Å². The fourth-order valence-corrected chi connectivity index (χ4v) is 1.89. The molecule has 0 aliphatic heterocycles. The summed E-state index contributed by atoms with van der Waals surface area (Å²) in [4.78, 5) is 11.6. The lowest BCUT2D eigenvalue weighted by Gasteiger charge is -2.11. The van der Waals surface area contributed by atoms with Gasteiger partial charge in [0.25, 0.3) is 0 Å². The molecule has 0 aromatic heterocycles. The number of carbonyl (C=O) groups excluding carboxylic acids is 1. The largest absolute Gasteiger partial charge is 0.496 e. The maximum atomic E-state index is 11.6. The highest BCUT2D eigenvalue weighted by Gasteiger charge is 2.10. The zero-order valence-electron chi connectivity index (χ0n) is 11.5. The molecule has 94 valence electrons. The minimum Gasteiger partial charge on any atom is -0.496 e. The molecular formula is C15H22O2. The monoisotopic (exact) mass is 234 g/mol. The highest BCUT2D eigenvalue weighted by molar-refractivity contribution is 5.80. The number of rotatable bonds is 5. The molecule has 0 spiro atoms. The van der Waals surface area contributed by atoms with Crippen LogP contribution in [0.3, 0.4) is 0 Å². The fourth-order valence-electron chi connectivity index (χ4n) is 1.89. The number of ketones is 1. The maximum Gasteiger partial charge on any atom is 0.135 e. The zero-order chi connectivity index (χ0) is 13.0. The molecular weight excluding hydrogens is 212 g/mol. The molecule has 1 aromatic carbocycles. The molecule has 2 nitrogen and oxygen atoms in total. The van der Waals surface area contributed by atoms with E-state index >= 15 is 0 Å². The molecule has 0 aliphatic carbocycles. The van der Waals surface area contributed by atoms with Crippen LogP contribution in [0, 0.1) is 19.8 Å². The van der Waals surface area contributed by atoms with E-state index in [1.807, 2.05) is 26.8 Å². The van der Waals surface area contributed by atoms with Crippen molar-refractivity contribution in [2.75, 3.05) is 7.11 Å². The number of Topliss-reactive ketones (excluding diaryl/α,β-unsaturated/α-hetero) is 1. The van der Waals surface area contributed by atoms with E-state index in [1.165, 1.54) is 11.1 Å². The molecule has 17 heavy (non-hydrogen) atoms. The molecule has 0 unspecified atom stereocenters. The molecule has 1 rings (SSSR count). The normalized spacial score (nSPS) is 10.7. The molecule has 1 aromatic rings. The van der Waals surface area contributed by atoms with Crippen LogP contribution in [-0.4, -0.2) is 12.9 Å². The molecule has 2 heteroatoms. The van der Waals surface area contributed by atoms with Crippen molar-refractivity contribution in [2.45, 2.75) is 40.5 Å². The molecule has 0 atom stereocenters. The van der Waals surface area contributed by atoms with Crippen LogP contribution in [0.25, 0.3) is 0 Å². The Hall–Kier alpha value is -1.31. The van der Waals surface area contributed by atoms with E-state index in [2.05, 4.69) is 13.0 Å². The Bertz CT molecular complexity index is 406. The van der Waals surface area contributed by atoms with E-state index < -0.39 is 0 Å². The van der Waals surface area contributed by atoms with Gasteiger partial charge in [-0.1, -0.05) is 19.9 Å². The van der Waals surface area contributed by atoms with E-state index in [0.29, 0.717) is 12.2 Å². The van der Waals surface area contributed by atoms with Crippen molar-refractivity contribution < 1.29 is 9.53 Å². The molecule has 0 N–H and O–H groups in total. The number of hydrogen-bond donors (Lipinski definition) is 0. The second-order valence-corrected chi connectivity index (χ2v) is 4.87. The van der Waals surface area contributed by atoms with Crippen LogP contribution < -0.4 is 4.74 Å². The number of methoxy groups -OCH3 is 1. The first kappa shape index (κ1) is 13.8. The summed E-state index contributed by atoms with van der Waals surface area (Å²) in [5.41, 5.74) is 3.58. The standard InChI is InChI=1S/C15H22O2/c1-10(2)14(16)7-6-13-8-12(4)15(17-5)9-11(13)3/h8-10H,6-7H2,1-5H3. The van der Waals surface area contributed by atoms with Gasteiger partial charge in [0.1, 0.15) is 11.5 Å². The minimum absolute atomic E-state index is 0.134. The predicted molar refractivity (Wildman–Crippen MR) is 70.6 cm³/mol. The lowest BCUT2D eigenvalue weighted by atomic mass is 9.96. The topological polar surface area (TPSA) is 26.3 Å². The van der Waals surface area contributed by atoms with E-state index in [-0.39, 0.29) is 5.92 Å². The van der Waals surface area contributed by atoms with E-state index in [9.17, 15) is 4.79 Å². The molecule has 0 saturated carbocycles. The zero-order valence-corrected chi connectivity index (χ0v) is 11.5. The highest BCUT2D eigenvalue weighted by atomic mass is 16.5. The Morgan fingerprint density at radius 3 is 2.41 bits per heavy atom. The molecule has 0 saturated heterocycles. The average molecular weight is 234 g/mol. The van der Waals surface area contributed by atoms with E-state index in [1.54, 1.807) is 7.11 Å². The van der Waals surface area contributed by atoms with Crippen LogP contribution in [0.15, 0.2) is 12.1 Å². The van der Waals surface area contributed by atoms with Gasteiger partial charge < -0.3 is 4.74 Å². The first-order valence-corrected chi connectivity index (χ1v) is 6.12. The lowest BCUT2D eigenvalue weighted by molar-refractivity contribution is -0.121. The summed E-state index contributed by atoms with van der Waals surface area (Å²) in [6.07, 6.45) is 1.46. The fraction of sp³-hybridized carbons (Fsp3) is 0.533. The van der Waals surface area contributed by atoms with Crippen molar-refractivity contribution >= 4 is 5.78 Å². The summed E-state index contributed by atoms with van der Waals surface area (Å²) in [6, 6.07) is 4.17. The van der Waals surface area contributed by atoms with Gasteiger partial charge in [-0.25, -0.2) is 0 Å². The van der Waals surface area contributed by atoms with Crippen molar-refractivity contribution in [2.24, 2.45) is 5.92 Å². The molecule has 0 radical (unpaired) electrons. The molecule has 0 amide bonds. The van der Waals surface area contributed by atoms with Crippen LogP contribution in [0.2, 0.25) is 0 Å².